The molecule has 30 heavy (non-hydrogen) atoms. The second-order valence-corrected chi connectivity index (χ2v) is 8.46. The van der Waals surface area contributed by atoms with Crippen LogP contribution in [0.1, 0.15) is 0 Å². The summed E-state index contributed by atoms with van der Waals surface area (Å²) in [6.45, 7) is 2.77. The number of carbonyl (C=O) groups is 1. The molecular formula is C18H24BrClN6O4. The molecular weight excluding hydrogens is 480 g/mol. The molecule has 2 heterocycles. The first kappa shape index (κ1) is 22.6. The van der Waals surface area contributed by atoms with Crippen molar-refractivity contribution >= 4 is 50.5 Å². The lowest BCUT2D eigenvalue weighted by Crippen LogP contribution is -2.54. The highest BCUT2D eigenvalue weighted by Gasteiger charge is 2.24. The summed E-state index contributed by atoms with van der Waals surface area (Å²) < 4.78 is 6.45. The molecule has 1 aromatic carbocycles. The molecule has 1 aromatic heterocycles. The van der Waals surface area contributed by atoms with Gasteiger partial charge in [-0.05, 0) is 36.1 Å². The largest absolute Gasteiger partial charge is 0.489 e. The number of halogens is 2. The van der Waals surface area contributed by atoms with Crippen LogP contribution in [0.4, 0.5) is 10.7 Å². The van der Waals surface area contributed by atoms with Gasteiger partial charge in [-0.15, -0.1) is 0 Å². The molecule has 2 aromatic rings. The van der Waals surface area contributed by atoms with Crippen molar-refractivity contribution in [1.29, 1.82) is 0 Å². The Morgan fingerprint density at radius 3 is 3.00 bits per heavy atom. The Labute approximate surface area is 186 Å². The van der Waals surface area contributed by atoms with E-state index in [9.17, 15) is 14.7 Å². The van der Waals surface area contributed by atoms with Gasteiger partial charge in [-0.2, -0.15) is 0 Å². The number of fused-ring (bicyclic) bond motifs is 1. The van der Waals surface area contributed by atoms with E-state index < -0.39 is 6.09 Å². The molecule has 4 N–H and O–H groups in total. The SMILES string of the molecule is CN(C)CCNc1nc2cc(Br)c(Cl)c(OC[C@@H]3CN(C(=O)O)CCN3)c2c(=O)[nH]1. The van der Waals surface area contributed by atoms with Gasteiger partial charge in [0.05, 0.1) is 16.6 Å². The third-order valence-corrected chi connectivity index (χ3v) is 5.88. The molecule has 1 fully saturated rings. The minimum atomic E-state index is -0.970. The maximum absolute atomic E-state index is 12.8. The van der Waals surface area contributed by atoms with Gasteiger partial charge in [0.15, 0.2) is 5.75 Å². The van der Waals surface area contributed by atoms with E-state index >= 15 is 0 Å². The zero-order valence-electron chi connectivity index (χ0n) is 16.7. The van der Waals surface area contributed by atoms with Gasteiger partial charge in [0, 0.05) is 37.2 Å². The number of H-pyrrole nitrogens is 1. The monoisotopic (exact) mass is 502 g/mol. The highest BCUT2D eigenvalue weighted by atomic mass is 79.9. The fourth-order valence-electron chi connectivity index (χ4n) is 3.13. The van der Waals surface area contributed by atoms with Crippen molar-refractivity contribution in [1.82, 2.24) is 25.1 Å². The fourth-order valence-corrected chi connectivity index (χ4v) is 3.73. The lowest BCUT2D eigenvalue weighted by atomic mass is 10.2. The summed E-state index contributed by atoms with van der Waals surface area (Å²) in [5.41, 5.74) is 0.0571. The average molecular weight is 504 g/mol. The molecule has 0 bridgehead atoms. The van der Waals surface area contributed by atoms with Crippen molar-refractivity contribution in [2.45, 2.75) is 6.04 Å². The highest BCUT2D eigenvalue weighted by Crippen LogP contribution is 2.37. The quantitative estimate of drug-likeness (QED) is 0.450. The Kier molecular flexibility index (Phi) is 7.40. The van der Waals surface area contributed by atoms with Crippen molar-refractivity contribution in [2.24, 2.45) is 0 Å². The molecule has 1 aliphatic heterocycles. The van der Waals surface area contributed by atoms with Crippen LogP contribution in [0.3, 0.4) is 0 Å². The van der Waals surface area contributed by atoms with Gasteiger partial charge in [-0.1, -0.05) is 11.6 Å². The molecule has 10 nitrogen and oxygen atoms in total. The number of amides is 1. The molecule has 1 atom stereocenters. The number of nitrogens with one attached hydrogen (secondary N) is 3. The third-order valence-electron chi connectivity index (χ3n) is 4.65. The molecule has 0 unspecified atom stereocenters. The fraction of sp³-hybridized carbons (Fsp3) is 0.500. The van der Waals surface area contributed by atoms with Gasteiger partial charge in [0.1, 0.15) is 12.0 Å². The van der Waals surface area contributed by atoms with Crippen molar-refractivity contribution in [3.63, 3.8) is 0 Å². The Morgan fingerprint density at radius 1 is 1.53 bits per heavy atom. The van der Waals surface area contributed by atoms with Gasteiger partial charge in [-0.3, -0.25) is 9.78 Å². The number of rotatable bonds is 7. The molecule has 1 amide bonds. The molecule has 0 spiro atoms. The first-order valence-corrected chi connectivity index (χ1v) is 10.6. The molecule has 0 radical (unpaired) electrons. The van der Waals surface area contributed by atoms with E-state index in [0.717, 1.165) is 6.54 Å². The second kappa shape index (κ2) is 9.82. The number of hydrogen-bond donors (Lipinski definition) is 4. The topological polar surface area (TPSA) is 123 Å². The Morgan fingerprint density at radius 2 is 2.30 bits per heavy atom. The average Bonchev–Trinajstić information content (AvgIpc) is 2.68. The minimum Gasteiger partial charge on any atom is -0.489 e. The number of benzene rings is 1. The van der Waals surface area contributed by atoms with E-state index in [-0.39, 0.29) is 40.9 Å². The number of nitrogens with zero attached hydrogens (tertiary/aromatic N) is 3. The minimum absolute atomic E-state index is 0.150. The van der Waals surface area contributed by atoms with E-state index in [4.69, 9.17) is 16.3 Å². The van der Waals surface area contributed by atoms with Gasteiger partial charge < -0.3 is 30.3 Å². The second-order valence-electron chi connectivity index (χ2n) is 7.23. The maximum Gasteiger partial charge on any atom is 0.407 e. The predicted molar refractivity (Wildman–Crippen MR) is 119 cm³/mol. The number of piperazine rings is 1. The third kappa shape index (κ3) is 5.34. The van der Waals surface area contributed by atoms with E-state index in [1.807, 2.05) is 19.0 Å². The summed E-state index contributed by atoms with van der Waals surface area (Å²) in [6.07, 6.45) is -0.970. The van der Waals surface area contributed by atoms with Crippen LogP contribution in [0, 0.1) is 0 Å². The van der Waals surface area contributed by atoms with Crippen molar-refractivity contribution in [2.75, 3.05) is 58.7 Å². The normalized spacial score (nSPS) is 16.8. The van der Waals surface area contributed by atoms with Gasteiger partial charge in [-0.25, -0.2) is 9.78 Å². The number of anilines is 1. The molecule has 1 saturated heterocycles. The predicted octanol–water partition coefficient (Wildman–Crippen LogP) is 1.64. The molecule has 1 aliphatic rings. The van der Waals surface area contributed by atoms with Gasteiger partial charge >= 0.3 is 6.09 Å². The van der Waals surface area contributed by atoms with Crippen LogP contribution < -0.4 is 20.9 Å². The number of hydrogen-bond acceptors (Lipinski definition) is 7. The molecule has 12 heteroatoms. The number of aromatic amines is 1. The first-order valence-electron chi connectivity index (χ1n) is 9.41. The lowest BCUT2D eigenvalue weighted by molar-refractivity contribution is 0.118. The summed E-state index contributed by atoms with van der Waals surface area (Å²) in [6, 6.07) is 1.45. The van der Waals surface area contributed by atoms with Crippen LogP contribution >= 0.6 is 27.5 Å². The zero-order chi connectivity index (χ0) is 21.8. The number of likely N-dealkylation sites (N-methyl/N-ethyl adjacent to an activating group) is 1. The number of ether oxygens (including phenoxy) is 1. The van der Waals surface area contributed by atoms with Crippen molar-refractivity contribution in [3.8, 4) is 5.75 Å². The lowest BCUT2D eigenvalue weighted by Gasteiger charge is -2.31. The summed E-state index contributed by atoms with van der Waals surface area (Å²) in [5.74, 6) is 0.574. The Bertz CT molecular complexity index is 985. The molecule has 0 aliphatic carbocycles. The summed E-state index contributed by atoms with van der Waals surface area (Å²) >= 11 is 9.79. The van der Waals surface area contributed by atoms with Crippen LogP contribution in [-0.2, 0) is 0 Å². The first-order chi connectivity index (χ1) is 14.3. The Balaban J connectivity index is 1.84. The molecule has 3 rings (SSSR count). The van der Waals surface area contributed by atoms with Crippen LogP contribution in [0.15, 0.2) is 15.3 Å². The summed E-state index contributed by atoms with van der Waals surface area (Å²) in [4.78, 5) is 34.5. The summed E-state index contributed by atoms with van der Waals surface area (Å²) in [7, 11) is 3.91. The van der Waals surface area contributed by atoms with Crippen molar-refractivity contribution < 1.29 is 14.6 Å². The van der Waals surface area contributed by atoms with Crippen LogP contribution in [0.25, 0.3) is 10.9 Å². The molecule has 0 saturated carbocycles. The number of carboxylic acid groups (broad SMARTS) is 1. The van der Waals surface area contributed by atoms with Gasteiger partial charge in [0.25, 0.3) is 5.56 Å². The van der Waals surface area contributed by atoms with E-state index in [2.05, 4.69) is 36.5 Å². The van der Waals surface area contributed by atoms with E-state index in [0.29, 0.717) is 35.6 Å². The number of aromatic nitrogens is 2. The maximum atomic E-state index is 12.8. The Hall–Kier alpha value is -2.08. The zero-order valence-corrected chi connectivity index (χ0v) is 19.0. The van der Waals surface area contributed by atoms with Crippen LogP contribution in [0.5, 0.6) is 5.75 Å². The van der Waals surface area contributed by atoms with E-state index in [1.54, 1.807) is 6.07 Å². The van der Waals surface area contributed by atoms with E-state index in [1.165, 1.54) is 4.90 Å². The smallest absolute Gasteiger partial charge is 0.407 e. The van der Waals surface area contributed by atoms with Crippen LogP contribution in [-0.4, -0.2) is 90.4 Å². The van der Waals surface area contributed by atoms with Crippen molar-refractivity contribution in [3.05, 3.63) is 25.9 Å². The van der Waals surface area contributed by atoms with Crippen LogP contribution in [0.2, 0.25) is 5.02 Å². The highest BCUT2D eigenvalue weighted by molar-refractivity contribution is 9.10. The summed E-state index contributed by atoms with van der Waals surface area (Å²) in [5, 5.41) is 16.0. The standard InChI is InChI=1S/C18H24BrClN6O4/c1-25(2)5-3-22-17-23-12-7-11(19)14(20)15(13(12)16(27)24-17)30-9-10-8-26(18(28)29)6-4-21-10/h7,10,21H,3-6,8-9H2,1-2H3,(H,28,29)(H2,22,23,24,27)/t10-/m0/s1. The van der Waals surface area contributed by atoms with Gasteiger partial charge in [0.2, 0.25) is 5.95 Å². The molecule has 164 valence electrons.